The zero-order valence-corrected chi connectivity index (χ0v) is 43.5. The Morgan fingerprint density at radius 3 is 1.52 bits per heavy atom. The summed E-state index contributed by atoms with van der Waals surface area (Å²) < 4.78 is 0. The maximum absolute atomic E-state index is 4.33. The van der Waals surface area contributed by atoms with Gasteiger partial charge in [-0.25, -0.2) is 4.99 Å². The molecule has 0 aromatic heterocycles. The molecule has 13 heteroatoms. The fourth-order valence-corrected chi connectivity index (χ4v) is 4.50. The number of hydrogen-bond acceptors (Lipinski definition) is 13. The highest BCUT2D eigenvalue weighted by atomic mass is 15.2. The molecular weight excluding hydrogens is 819 g/mol. The van der Waals surface area contributed by atoms with Crippen LogP contribution in [0.1, 0.15) is 110 Å². The summed E-state index contributed by atoms with van der Waals surface area (Å²) in [4.78, 5) is 17.1. The lowest BCUT2D eigenvalue weighted by Gasteiger charge is -2.20. The summed E-state index contributed by atoms with van der Waals surface area (Å²) in [6.07, 6.45) is 20.5. The molecule has 0 amide bonds. The molecule has 6 heterocycles. The number of nitrogens with one attached hydrogen (secondary N) is 9. The molecule has 0 aliphatic carbocycles. The molecular formula is C53H91N13. The quantitative estimate of drug-likeness (QED) is 0.134. The summed E-state index contributed by atoms with van der Waals surface area (Å²) >= 11 is 0. The smallest absolute Gasteiger partial charge is 0.110 e. The van der Waals surface area contributed by atoms with Gasteiger partial charge in [-0.2, -0.15) is 0 Å². The van der Waals surface area contributed by atoms with E-state index >= 15 is 0 Å². The lowest BCUT2D eigenvalue weighted by Crippen LogP contribution is -2.39. The molecule has 0 saturated carbocycles. The van der Waals surface area contributed by atoms with Gasteiger partial charge in [0.2, 0.25) is 0 Å². The van der Waals surface area contributed by atoms with Gasteiger partial charge in [0.15, 0.2) is 0 Å². The first-order valence-corrected chi connectivity index (χ1v) is 23.1. The largest absolute Gasteiger partial charge is 0.374 e. The number of nitrogens with zero attached hydrogens (tertiary/aromatic N) is 4. The second-order valence-corrected chi connectivity index (χ2v) is 18.1. The second-order valence-electron chi connectivity index (χ2n) is 18.1. The lowest BCUT2D eigenvalue weighted by molar-refractivity contribution is 0.702. The first-order valence-electron chi connectivity index (χ1n) is 23.1. The minimum Gasteiger partial charge on any atom is -0.374 e. The molecule has 0 fully saturated rings. The van der Waals surface area contributed by atoms with Gasteiger partial charge in [-0.3, -0.25) is 15.0 Å². The van der Waals surface area contributed by atoms with Crippen molar-refractivity contribution in [2.24, 2.45) is 55.5 Å². The molecule has 0 aromatic carbocycles. The van der Waals surface area contributed by atoms with E-state index in [4.69, 9.17) is 0 Å². The van der Waals surface area contributed by atoms with E-state index in [2.05, 4.69) is 211 Å². The molecule has 66 heavy (non-hydrogen) atoms. The van der Waals surface area contributed by atoms with E-state index in [-0.39, 0.29) is 0 Å². The second kappa shape index (κ2) is 37.0. The van der Waals surface area contributed by atoms with Gasteiger partial charge in [-0.15, -0.1) is 0 Å². The van der Waals surface area contributed by atoms with E-state index < -0.39 is 0 Å². The molecule has 0 atom stereocenters. The molecule has 0 spiro atoms. The van der Waals surface area contributed by atoms with Gasteiger partial charge in [0.25, 0.3) is 0 Å². The normalized spacial score (nSPS) is 16.7. The molecule has 0 unspecified atom stereocenters. The summed E-state index contributed by atoms with van der Waals surface area (Å²) in [7, 11) is 0. The first kappa shape index (κ1) is 61.8. The van der Waals surface area contributed by atoms with E-state index in [1.807, 2.05) is 49.0 Å². The van der Waals surface area contributed by atoms with Crippen LogP contribution in [-0.2, 0) is 0 Å². The zero-order valence-electron chi connectivity index (χ0n) is 43.5. The minimum absolute atomic E-state index is 0.439. The summed E-state index contributed by atoms with van der Waals surface area (Å²) in [5, 5.41) is 27.1. The Morgan fingerprint density at radius 2 is 1.06 bits per heavy atom. The minimum atomic E-state index is 0.439. The Labute approximate surface area is 402 Å². The van der Waals surface area contributed by atoms with Crippen molar-refractivity contribution in [2.45, 2.75) is 110 Å². The Morgan fingerprint density at radius 1 is 0.485 bits per heavy atom. The van der Waals surface area contributed by atoms with Crippen LogP contribution in [0.5, 0.6) is 0 Å². The van der Waals surface area contributed by atoms with Crippen LogP contribution in [-0.4, -0.2) is 43.1 Å². The van der Waals surface area contributed by atoms with Crippen molar-refractivity contribution in [1.29, 1.82) is 0 Å². The van der Waals surface area contributed by atoms with E-state index in [1.165, 1.54) is 5.71 Å². The van der Waals surface area contributed by atoms with E-state index in [9.17, 15) is 0 Å². The Kier molecular flexibility index (Phi) is 34.7. The third-order valence-corrected chi connectivity index (χ3v) is 7.76. The van der Waals surface area contributed by atoms with Crippen molar-refractivity contribution in [3.8, 4) is 0 Å². The number of aliphatic imine (C=N–C) groups is 4. The fourth-order valence-electron chi connectivity index (χ4n) is 4.50. The summed E-state index contributed by atoms with van der Waals surface area (Å²) in [6, 6.07) is 0. The number of amidine groups is 3. The van der Waals surface area contributed by atoms with Crippen molar-refractivity contribution in [2.75, 3.05) is 19.9 Å². The molecule has 6 aliphatic heterocycles. The van der Waals surface area contributed by atoms with Crippen LogP contribution in [0, 0.1) is 35.5 Å². The van der Waals surface area contributed by atoms with Gasteiger partial charge in [0, 0.05) is 89.6 Å². The van der Waals surface area contributed by atoms with Crippen molar-refractivity contribution >= 4 is 23.2 Å². The molecule has 6 rings (SSSR count). The first-order chi connectivity index (χ1) is 30.9. The third-order valence-electron chi connectivity index (χ3n) is 7.76. The van der Waals surface area contributed by atoms with Gasteiger partial charge in [0.05, 0.1) is 24.9 Å². The maximum Gasteiger partial charge on any atom is 0.110 e. The van der Waals surface area contributed by atoms with E-state index in [1.54, 1.807) is 12.4 Å². The standard InChI is InChI=1S/3C9H14N2.C7H13N3.C6H8N2.C5H8N2.2C4H10/c1-7(2)9-6-8(3)10-4-5-11-9;2*1-7(2)9-10-6-4-5-8(3)11-9;1-5(2)7-9-4-8-6(3)10-7;1-5-3-4-7-6(2)8-5;1-5-2-3-6-4-7-5;2*1-4(2)3/h4-5,7,10H,3,6H2,1-2H3;4,6-7H,3,5H2,1-2H3,(H,10,11);4-5,7H,3,6H2,1-2H3,(H,10,11);5,8H,3-4H2,1-2H3,(H,9,10);3-4,7-8H,1-2H2;2-3,6-7H,1,4H2;2*4H,1-3H3. The maximum atomic E-state index is 4.33. The molecule has 6 aliphatic rings. The lowest BCUT2D eigenvalue weighted by atomic mass is 10.0. The summed E-state index contributed by atoms with van der Waals surface area (Å²) in [6.45, 7) is 58.4. The van der Waals surface area contributed by atoms with E-state index in [0.717, 1.165) is 95.5 Å². The fraction of sp³-hybridized carbons (Fsp3) is 0.472. The summed E-state index contributed by atoms with van der Waals surface area (Å²) in [5.74, 6) is 8.19. The van der Waals surface area contributed by atoms with Crippen LogP contribution in [0.4, 0.5) is 0 Å². The number of hydrogen-bond donors (Lipinski definition) is 9. The van der Waals surface area contributed by atoms with E-state index in [0.29, 0.717) is 30.3 Å². The highest BCUT2D eigenvalue weighted by Gasteiger charge is 2.10. The van der Waals surface area contributed by atoms with Gasteiger partial charge in [0.1, 0.15) is 24.2 Å². The predicted molar refractivity (Wildman–Crippen MR) is 292 cm³/mol. The summed E-state index contributed by atoms with van der Waals surface area (Å²) in [5.41, 5.74) is 6.00. The molecule has 0 radical (unpaired) electrons. The van der Waals surface area contributed by atoms with Gasteiger partial charge >= 0.3 is 0 Å². The SMILES string of the molecule is C=C1C=CCN=C(C(C)C)N1.C=C1C=CNC(=C)N1.C=C1C=CNCN1.C=C1CC(C(C)C)=NC=CN1.C=C1CC=CN=C(C(C)C)N1.C=C1NCN=C(C(C)C)N1.CC(C)C.CC(C)C. The Bertz CT molecular complexity index is 1750. The zero-order chi connectivity index (χ0) is 50.6. The predicted octanol–water partition coefficient (Wildman–Crippen LogP) is 10.7. The number of allylic oxidation sites excluding steroid dienone is 5. The van der Waals surface area contributed by atoms with Crippen molar-refractivity contribution in [3.63, 3.8) is 0 Å². The van der Waals surface area contributed by atoms with Gasteiger partial charge in [-0.05, 0) is 42.2 Å². The van der Waals surface area contributed by atoms with Crippen LogP contribution >= 0.6 is 0 Å². The van der Waals surface area contributed by atoms with Crippen molar-refractivity contribution < 1.29 is 0 Å². The molecule has 0 bridgehead atoms. The van der Waals surface area contributed by atoms with Crippen LogP contribution in [0.2, 0.25) is 0 Å². The van der Waals surface area contributed by atoms with Gasteiger partial charge < -0.3 is 47.9 Å². The van der Waals surface area contributed by atoms with Crippen LogP contribution < -0.4 is 47.9 Å². The Hall–Kier alpha value is -6.24. The topological polar surface area (TPSA) is 158 Å². The number of rotatable bonds is 4. The highest BCUT2D eigenvalue weighted by Crippen LogP contribution is 2.09. The van der Waals surface area contributed by atoms with Crippen LogP contribution in [0.15, 0.2) is 168 Å². The molecule has 368 valence electrons. The molecule has 9 N–H and O–H groups in total. The van der Waals surface area contributed by atoms with Crippen molar-refractivity contribution in [1.82, 2.24) is 47.9 Å². The average Bonchev–Trinajstić information content (AvgIpc) is 3.70. The molecule has 13 nitrogen and oxygen atoms in total. The van der Waals surface area contributed by atoms with Crippen molar-refractivity contribution in [3.05, 3.63) is 148 Å². The molecule has 0 aromatic rings. The third kappa shape index (κ3) is 37.2. The average molecular weight is 910 g/mol. The Balaban J connectivity index is 0. The van der Waals surface area contributed by atoms with Gasteiger partial charge in [-0.1, -0.05) is 155 Å². The monoisotopic (exact) mass is 910 g/mol. The highest BCUT2D eigenvalue weighted by molar-refractivity contribution is 5.89. The van der Waals surface area contributed by atoms with Crippen LogP contribution in [0.25, 0.3) is 0 Å². The van der Waals surface area contributed by atoms with Crippen LogP contribution in [0.3, 0.4) is 0 Å². The molecule has 0 saturated heterocycles.